The topological polar surface area (TPSA) is 156 Å². The fourth-order valence-corrected chi connectivity index (χ4v) is 4.74. The predicted molar refractivity (Wildman–Crippen MR) is 143 cm³/mol. The number of rotatable bonds is 9. The minimum absolute atomic E-state index is 0.0127. The Labute approximate surface area is 220 Å². The third kappa shape index (κ3) is 5.62. The van der Waals surface area contributed by atoms with Crippen LogP contribution in [0, 0.1) is 0 Å². The first-order chi connectivity index (χ1) is 18.2. The van der Waals surface area contributed by atoms with Gasteiger partial charge in [0.15, 0.2) is 5.43 Å². The standard InChI is InChI=1S/C28H35N3O7/c1-4-17(8-10-30-3)27(35)37-23-12-19-21(13-22-25(26(19)34)20(33)11-18(15-32)36-22)38-28(23,2)9-7-16-5-6-24(29)31-14-16/h4-6,11,13-14,23-24,30-32,34H,7-10,12,15,29H2,1-3H3/b17-4-/t23-,24?,28+/m1/s1. The van der Waals surface area contributed by atoms with E-state index in [2.05, 4.69) is 10.6 Å². The van der Waals surface area contributed by atoms with Gasteiger partial charge in [-0.25, -0.2) is 4.79 Å². The Kier molecular flexibility index (Phi) is 8.25. The van der Waals surface area contributed by atoms with Crippen molar-refractivity contribution >= 4 is 16.9 Å². The molecule has 1 aromatic carbocycles. The van der Waals surface area contributed by atoms with Crippen molar-refractivity contribution in [3.05, 3.63) is 69.3 Å². The monoisotopic (exact) mass is 525 g/mol. The van der Waals surface area contributed by atoms with Crippen LogP contribution in [0.2, 0.25) is 0 Å². The number of carbonyl (C=O) groups is 1. The van der Waals surface area contributed by atoms with Crippen LogP contribution in [0.25, 0.3) is 11.0 Å². The normalized spacial score (nSPS) is 22.9. The van der Waals surface area contributed by atoms with Gasteiger partial charge in [0.1, 0.15) is 46.5 Å². The lowest BCUT2D eigenvalue weighted by atomic mass is 9.83. The van der Waals surface area contributed by atoms with Crippen LogP contribution in [0.15, 0.2) is 56.9 Å². The van der Waals surface area contributed by atoms with Crippen molar-refractivity contribution in [3.8, 4) is 11.5 Å². The predicted octanol–water partition coefficient (Wildman–Crippen LogP) is 2.26. The SMILES string of the molecule is C/C=C(/CCNC)C(=O)O[C@@H]1Cc2c(cc3oc(CO)cc(=O)c3c2O)O[C@@]1(C)CCC1=CNC(N)C=C1. The number of aliphatic hydroxyl groups is 1. The summed E-state index contributed by atoms with van der Waals surface area (Å²) in [7, 11) is 1.81. The molecule has 0 aliphatic carbocycles. The van der Waals surface area contributed by atoms with Gasteiger partial charge in [-0.3, -0.25) is 4.79 Å². The molecule has 3 atom stereocenters. The second-order valence-corrected chi connectivity index (χ2v) is 9.76. The highest BCUT2D eigenvalue weighted by atomic mass is 16.6. The van der Waals surface area contributed by atoms with Crippen molar-refractivity contribution < 1.29 is 28.9 Å². The van der Waals surface area contributed by atoms with Gasteiger partial charge in [0.25, 0.3) is 0 Å². The van der Waals surface area contributed by atoms with Crippen LogP contribution in [0.5, 0.6) is 11.5 Å². The number of hydrogen-bond acceptors (Lipinski definition) is 10. The summed E-state index contributed by atoms with van der Waals surface area (Å²) in [4.78, 5) is 25.8. The van der Waals surface area contributed by atoms with Crippen molar-refractivity contribution in [1.82, 2.24) is 10.6 Å². The second kappa shape index (κ2) is 11.4. The lowest BCUT2D eigenvalue weighted by Crippen LogP contribution is -2.51. The number of aromatic hydroxyl groups is 1. The molecule has 0 saturated heterocycles. The third-order valence-corrected chi connectivity index (χ3v) is 7.07. The Morgan fingerprint density at radius 1 is 1.39 bits per heavy atom. The minimum atomic E-state index is -0.965. The lowest BCUT2D eigenvalue weighted by molar-refractivity contribution is -0.159. The molecule has 6 N–H and O–H groups in total. The number of ether oxygens (including phenoxy) is 2. The van der Waals surface area contributed by atoms with Crippen LogP contribution in [0.3, 0.4) is 0 Å². The molecule has 0 fully saturated rings. The second-order valence-electron chi connectivity index (χ2n) is 9.76. The molecule has 0 amide bonds. The van der Waals surface area contributed by atoms with Crippen molar-refractivity contribution in [2.24, 2.45) is 5.73 Å². The molecule has 3 heterocycles. The smallest absolute Gasteiger partial charge is 0.334 e. The van der Waals surface area contributed by atoms with E-state index < -0.39 is 29.7 Å². The molecule has 10 nitrogen and oxygen atoms in total. The zero-order valence-electron chi connectivity index (χ0n) is 21.9. The molecule has 204 valence electrons. The van der Waals surface area contributed by atoms with Gasteiger partial charge < -0.3 is 40.5 Å². The third-order valence-electron chi connectivity index (χ3n) is 7.07. The molecule has 2 aliphatic heterocycles. The first-order valence-electron chi connectivity index (χ1n) is 12.7. The van der Waals surface area contributed by atoms with Crippen molar-refractivity contribution in [2.45, 2.75) is 64.0 Å². The number of dihydropyridines is 1. The van der Waals surface area contributed by atoms with Gasteiger partial charge in [0.05, 0.1) is 6.17 Å². The van der Waals surface area contributed by atoms with Crippen LogP contribution < -0.4 is 26.5 Å². The molecular weight excluding hydrogens is 490 g/mol. The summed E-state index contributed by atoms with van der Waals surface area (Å²) in [6.07, 6.45) is 8.13. The number of nitrogens with two attached hydrogens (primary N) is 1. The number of phenols is 1. The highest BCUT2D eigenvalue weighted by molar-refractivity contribution is 5.89. The van der Waals surface area contributed by atoms with E-state index in [1.54, 1.807) is 19.1 Å². The molecule has 38 heavy (non-hydrogen) atoms. The fraction of sp³-hybridized carbons (Fsp3) is 0.429. The van der Waals surface area contributed by atoms with Crippen LogP contribution in [0.4, 0.5) is 0 Å². The van der Waals surface area contributed by atoms with Crippen LogP contribution in [0.1, 0.15) is 44.4 Å². The van der Waals surface area contributed by atoms with Gasteiger partial charge in [-0.05, 0) is 58.4 Å². The first kappa shape index (κ1) is 27.4. The Morgan fingerprint density at radius 3 is 2.84 bits per heavy atom. The number of phenolic OH excluding ortho intramolecular Hbond substituents is 1. The molecule has 4 rings (SSSR count). The van der Waals surface area contributed by atoms with Crippen molar-refractivity contribution in [1.29, 1.82) is 0 Å². The summed E-state index contributed by atoms with van der Waals surface area (Å²) in [5.74, 6) is -0.327. The van der Waals surface area contributed by atoms with Crippen LogP contribution >= 0.6 is 0 Å². The maximum atomic E-state index is 13.1. The molecule has 2 aliphatic rings. The molecule has 0 saturated carbocycles. The van der Waals surface area contributed by atoms with E-state index >= 15 is 0 Å². The van der Waals surface area contributed by atoms with Gasteiger partial charge in [-0.15, -0.1) is 0 Å². The van der Waals surface area contributed by atoms with Gasteiger partial charge in [-0.1, -0.05) is 12.2 Å². The van der Waals surface area contributed by atoms with Crippen LogP contribution in [-0.2, 0) is 22.6 Å². The van der Waals surface area contributed by atoms with Crippen LogP contribution in [-0.4, -0.2) is 47.6 Å². The summed E-state index contributed by atoms with van der Waals surface area (Å²) in [5.41, 5.74) is 6.41. The van der Waals surface area contributed by atoms with E-state index in [1.165, 1.54) is 0 Å². The van der Waals surface area contributed by atoms with Crippen molar-refractivity contribution in [2.75, 3.05) is 13.6 Å². The highest BCUT2D eigenvalue weighted by Crippen LogP contribution is 2.44. The summed E-state index contributed by atoms with van der Waals surface area (Å²) in [6, 6.07) is 2.69. The average Bonchev–Trinajstić information content (AvgIpc) is 2.89. The van der Waals surface area contributed by atoms with Gasteiger partial charge >= 0.3 is 5.97 Å². The molecule has 1 unspecified atom stereocenters. The van der Waals surface area contributed by atoms with Gasteiger partial charge in [0, 0.05) is 35.9 Å². The summed E-state index contributed by atoms with van der Waals surface area (Å²) in [6.45, 7) is 3.81. The summed E-state index contributed by atoms with van der Waals surface area (Å²) < 4.78 is 18.1. The van der Waals surface area contributed by atoms with E-state index in [0.717, 1.165) is 11.6 Å². The summed E-state index contributed by atoms with van der Waals surface area (Å²) in [5, 5.41) is 26.6. The molecule has 0 bridgehead atoms. The molecule has 10 heteroatoms. The van der Waals surface area contributed by atoms with E-state index in [-0.39, 0.29) is 35.1 Å². The quantitative estimate of drug-likeness (QED) is 0.243. The van der Waals surface area contributed by atoms with E-state index in [4.69, 9.17) is 19.6 Å². The number of nitrogens with one attached hydrogen (secondary N) is 2. The number of fused-ring (bicyclic) bond motifs is 2. The summed E-state index contributed by atoms with van der Waals surface area (Å²) >= 11 is 0. The zero-order chi connectivity index (χ0) is 27.4. The number of benzene rings is 1. The number of hydrogen-bond donors (Lipinski definition) is 5. The number of aliphatic hydroxyl groups excluding tert-OH is 1. The zero-order valence-corrected chi connectivity index (χ0v) is 21.9. The Bertz CT molecular complexity index is 1360. The number of allylic oxidation sites excluding steroid dienone is 3. The van der Waals surface area contributed by atoms with E-state index in [9.17, 15) is 19.8 Å². The lowest BCUT2D eigenvalue weighted by Gasteiger charge is -2.42. The Morgan fingerprint density at radius 2 is 2.18 bits per heavy atom. The fourth-order valence-electron chi connectivity index (χ4n) is 4.74. The molecule has 0 spiro atoms. The maximum Gasteiger partial charge on any atom is 0.334 e. The number of carbonyl (C=O) groups excluding carboxylic acids is 1. The van der Waals surface area contributed by atoms with E-state index in [1.807, 2.05) is 32.3 Å². The minimum Gasteiger partial charge on any atom is -0.507 e. The highest BCUT2D eigenvalue weighted by Gasteiger charge is 2.45. The first-order valence-corrected chi connectivity index (χ1v) is 12.7. The van der Waals surface area contributed by atoms with Gasteiger partial charge in [-0.2, -0.15) is 0 Å². The van der Waals surface area contributed by atoms with Gasteiger partial charge in [0.2, 0.25) is 0 Å². The van der Waals surface area contributed by atoms with Crippen molar-refractivity contribution in [3.63, 3.8) is 0 Å². The molecule has 1 aromatic heterocycles. The number of esters is 1. The molecular formula is C28H35N3O7. The maximum absolute atomic E-state index is 13.1. The van der Waals surface area contributed by atoms with E-state index in [0.29, 0.717) is 42.7 Å². The Hall–Kier alpha value is -3.60. The average molecular weight is 526 g/mol. The largest absolute Gasteiger partial charge is 0.507 e. The Balaban J connectivity index is 1.71. The molecule has 0 radical (unpaired) electrons. The molecule has 2 aromatic rings.